The molecule has 1 aromatic rings. The fraction of sp³-hybridized carbons (Fsp3) is 0.571. The van der Waals surface area contributed by atoms with E-state index in [1.165, 1.54) is 10.6 Å². The molecule has 4 heteroatoms. The Labute approximate surface area is 69.8 Å². The highest BCUT2D eigenvalue weighted by Gasteiger charge is 2.21. The van der Waals surface area contributed by atoms with Crippen LogP contribution in [0.2, 0.25) is 0 Å². The normalized spacial score (nSPS) is 17.2. The van der Waals surface area contributed by atoms with E-state index < -0.39 is 0 Å². The van der Waals surface area contributed by atoms with Crippen LogP contribution in [0.5, 0.6) is 0 Å². The van der Waals surface area contributed by atoms with E-state index in [2.05, 4.69) is 16.8 Å². The lowest BCUT2D eigenvalue weighted by Gasteiger charge is -2.09. The van der Waals surface area contributed by atoms with E-state index in [0.29, 0.717) is 5.13 Å². The molecule has 0 saturated heterocycles. The predicted octanol–water partition coefficient (Wildman–Crippen LogP) is 1.06. The van der Waals surface area contributed by atoms with Gasteiger partial charge in [0.05, 0.1) is 5.69 Å². The number of nitrogens with zero attached hydrogens (tertiary/aromatic N) is 2. The van der Waals surface area contributed by atoms with Crippen molar-refractivity contribution in [2.75, 3.05) is 12.3 Å². The molecule has 0 bridgehead atoms. The summed E-state index contributed by atoms with van der Waals surface area (Å²) in [7, 11) is 0. The standard InChI is InChI=1S/C7H11N3S/c1-2-10-3-5-6(4-10)11-7(8)9-5/h2-4H2,1H3,(H2,8,9). The van der Waals surface area contributed by atoms with E-state index in [9.17, 15) is 0 Å². The van der Waals surface area contributed by atoms with Crippen molar-refractivity contribution in [2.45, 2.75) is 20.0 Å². The summed E-state index contributed by atoms with van der Waals surface area (Å²) in [5, 5.41) is 0.714. The van der Waals surface area contributed by atoms with Crippen LogP contribution in [-0.4, -0.2) is 16.4 Å². The number of anilines is 1. The van der Waals surface area contributed by atoms with Crippen LogP contribution >= 0.6 is 11.3 Å². The van der Waals surface area contributed by atoms with Gasteiger partial charge < -0.3 is 5.73 Å². The van der Waals surface area contributed by atoms with Crippen LogP contribution in [-0.2, 0) is 13.1 Å². The highest BCUT2D eigenvalue weighted by atomic mass is 32.1. The van der Waals surface area contributed by atoms with Gasteiger partial charge in [-0.15, -0.1) is 11.3 Å². The Balaban J connectivity index is 2.23. The molecule has 0 fully saturated rings. The first-order valence-electron chi connectivity index (χ1n) is 3.76. The lowest BCUT2D eigenvalue weighted by atomic mass is 10.4. The van der Waals surface area contributed by atoms with Gasteiger partial charge in [0.25, 0.3) is 0 Å². The maximum Gasteiger partial charge on any atom is 0.180 e. The number of nitrogen functional groups attached to an aromatic ring is 1. The molecule has 3 nitrogen and oxygen atoms in total. The second-order valence-corrected chi connectivity index (χ2v) is 3.84. The van der Waals surface area contributed by atoms with E-state index in [0.717, 1.165) is 19.6 Å². The Morgan fingerprint density at radius 2 is 2.45 bits per heavy atom. The van der Waals surface area contributed by atoms with Crippen molar-refractivity contribution in [3.8, 4) is 0 Å². The summed E-state index contributed by atoms with van der Waals surface area (Å²) >= 11 is 1.62. The van der Waals surface area contributed by atoms with Gasteiger partial charge in [-0.25, -0.2) is 4.98 Å². The zero-order valence-corrected chi connectivity index (χ0v) is 7.32. The van der Waals surface area contributed by atoms with E-state index in [-0.39, 0.29) is 0 Å². The third kappa shape index (κ3) is 1.12. The summed E-state index contributed by atoms with van der Waals surface area (Å²) in [6, 6.07) is 0. The molecular weight excluding hydrogens is 158 g/mol. The lowest BCUT2D eigenvalue weighted by molar-refractivity contribution is 0.300. The number of hydrogen-bond acceptors (Lipinski definition) is 4. The minimum atomic E-state index is 0.714. The summed E-state index contributed by atoms with van der Waals surface area (Å²) in [6.45, 7) is 5.29. The third-order valence-corrected chi connectivity index (χ3v) is 2.89. The monoisotopic (exact) mass is 169 g/mol. The topological polar surface area (TPSA) is 42.2 Å². The fourth-order valence-electron chi connectivity index (χ4n) is 1.34. The summed E-state index contributed by atoms with van der Waals surface area (Å²) in [5.74, 6) is 0. The van der Waals surface area contributed by atoms with Gasteiger partial charge in [-0.2, -0.15) is 0 Å². The largest absolute Gasteiger partial charge is 0.375 e. The van der Waals surface area contributed by atoms with Crippen molar-refractivity contribution in [3.63, 3.8) is 0 Å². The fourth-order valence-corrected chi connectivity index (χ4v) is 2.23. The van der Waals surface area contributed by atoms with Gasteiger partial charge in [0.1, 0.15) is 0 Å². The van der Waals surface area contributed by atoms with Gasteiger partial charge in [-0.05, 0) is 6.54 Å². The van der Waals surface area contributed by atoms with Gasteiger partial charge >= 0.3 is 0 Å². The molecule has 1 aliphatic heterocycles. The van der Waals surface area contributed by atoms with Gasteiger partial charge in [0.2, 0.25) is 0 Å². The molecule has 0 radical (unpaired) electrons. The molecule has 0 amide bonds. The number of hydrogen-bond donors (Lipinski definition) is 1. The molecule has 0 aromatic carbocycles. The minimum Gasteiger partial charge on any atom is -0.375 e. The summed E-state index contributed by atoms with van der Waals surface area (Å²) < 4.78 is 0. The van der Waals surface area contributed by atoms with Crippen LogP contribution in [0, 0.1) is 0 Å². The van der Waals surface area contributed by atoms with Crippen molar-refractivity contribution in [1.29, 1.82) is 0 Å². The second-order valence-electron chi connectivity index (χ2n) is 2.73. The van der Waals surface area contributed by atoms with Gasteiger partial charge in [0, 0.05) is 18.0 Å². The number of nitrogens with two attached hydrogens (primary N) is 1. The second kappa shape index (κ2) is 2.46. The van der Waals surface area contributed by atoms with E-state index in [1.807, 2.05) is 0 Å². The first-order chi connectivity index (χ1) is 5.29. The van der Waals surface area contributed by atoms with Crippen LogP contribution in [0.25, 0.3) is 0 Å². The van der Waals surface area contributed by atoms with Crippen molar-refractivity contribution >= 4 is 16.5 Å². The molecule has 0 aliphatic carbocycles. The zero-order valence-electron chi connectivity index (χ0n) is 6.50. The number of rotatable bonds is 1. The first kappa shape index (κ1) is 7.06. The molecule has 11 heavy (non-hydrogen) atoms. The molecule has 60 valence electrons. The third-order valence-electron chi connectivity index (χ3n) is 1.98. The Morgan fingerprint density at radius 3 is 3.09 bits per heavy atom. The highest BCUT2D eigenvalue weighted by molar-refractivity contribution is 7.15. The molecule has 0 spiro atoms. The predicted molar refractivity (Wildman–Crippen MR) is 46.3 cm³/mol. The smallest absolute Gasteiger partial charge is 0.180 e. The lowest BCUT2D eigenvalue weighted by Crippen LogP contribution is -2.15. The molecule has 0 saturated carbocycles. The van der Waals surface area contributed by atoms with E-state index in [1.54, 1.807) is 11.3 Å². The molecule has 2 rings (SSSR count). The Morgan fingerprint density at radius 1 is 1.64 bits per heavy atom. The van der Waals surface area contributed by atoms with Crippen LogP contribution in [0.15, 0.2) is 0 Å². The number of thiazole rings is 1. The van der Waals surface area contributed by atoms with E-state index in [4.69, 9.17) is 5.73 Å². The zero-order chi connectivity index (χ0) is 7.84. The van der Waals surface area contributed by atoms with E-state index >= 15 is 0 Å². The van der Waals surface area contributed by atoms with Crippen molar-refractivity contribution in [2.24, 2.45) is 0 Å². The molecule has 1 aromatic heterocycles. The summed E-state index contributed by atoms with van der Waals surface area (Å²) in [5.41, 5.74) is 6.75. The first-order valence-corrected chi connectivity index (χ1v) is 4.57. The van der Waals surface area contributed by atoms with Gasteiger partial charge in [-0.1, -0.05) is 6.92 Å². The minimum absolute atomic E-state index is 0.714. The molecule has 2 N–H and O–H groups in total. The van der Waals surface area contributed by atoms with Gasteiger partial charge in [-0.3, -0.25) is 4.90 Å². The maximum absolute atomic E-state index is 5.56. The summed E-state index contributed by atoms with van der Waals surface area (Å²) in [4.78, 5) is 7.95. The molecular formula is C7H11N3S. The quantitative estimate of drug-likeness (QED) is 0.683. The number of aromatic nitrogens is 1. The molecule has 2 heterocycles. The van der Waals surface area contributed by atoms with Gasteiger partial charge in [0.15, 0.2) is 5.13 Å². The Bertz CT molecular complexity index is 245. The average Bonchev–Trinajstić information content (AvgIpc) is 2.43. The van der Waals surface area contributed by atoms with Crippen LogP contribution in [0.1, 0.15) is 17.5 Å². The van der Waals surface area contributed by atoms with Crippen LogP contribution in [0.4, 0.5) is 5.13 Å². The van der Waals surface area contributed by atoms with Crippen molar-refractivity contribution in [1.82, 2.24) is 9.88 Å². The molecule has 0 unspecified atom stereocenters. The average molecular weight is 169 g/mol. The van der Waals surface area contributed by atoms with Crippen LogP contribution in [0.3, 0.4) is 0 Å². The molecule has 0 atom stereocenters. The Kier molecular flexibility index (Phi) is 1.58. The molecule has 1 aliphatic rings. The SMILES string of the molecule is CCN1Cc2nc(N)sc2C1. The van der Waals surface area contributed by atoms with Crippen LogP contribution < -0.4 is 5.73 Å². The Hall–Kier alpha value is -0.610. The highest BCUT2D eigenvalue weighted by Crippen LogP contribution is 2.28. The summed E-state index contributed by atoms with van der Waals surface area (Å²) in [6.07, 6.45) is 0. The number of fused-ring (bicyclic) bond motifs is 1. The van der Waals surface area contributed by atoms with Crippen molar-refractivity contribution < 1.29 is 0 Å². The van der Waals surface area contributed by atoms with Crippen molar-refractivity contribution in [3.05, 3.63) is 10.6 Å². The maximum atomic E-state index is 5.56.